The molecule has 1 aromatic rings. The summed E-state index contributed by atoms with van der Waals surface area (Å²) in [5, 5.41) is 9.53. The molecule has 26 heavy (non-hydrogen) atoms. The summed E-state index contributed by atoms with van der Waals surface area (Å²) in [6.45, 7) is -0.0556. The fraction of sp³-hybridized carbons (Fsp3) is 0.750. The molecule has 1 saturated heterocycles. The molecule has 2 amide bonds. The molecule has 1 unspecified atom stereocenters. The van der Waals surface area contributed by atoms with E-state index in [4.69, 9.17) is 9.47 Å². The number of hydrogen-bond donors (Lipinski definition) is 2. The molecule has 144 valence electrons. The SMILES string of the molecule is O=C(Nc1cn(CC(F)(F)F)nc1C1CC1)NC1CCC2(C1)OCCO2. The van der Waals surface area contributed by atoms with Crippen LogP contribution in [0.4, 0.5) is 23.7 Å². The van der Waals surface area contributed by atoms with Crippen LogP contribution in [0.15, 0.2) is 6.20 Å². The van der Waals surface area contributed by atoms with E-state index in [1.54, 1.807) is 0 Å². The molecule has 1 atom stereocenters. The average molecular weight is 374 g/mol. The first-order valence-corrected chi connectivity index (χ1v) is 8.81. The van der Waals surface area contributed by atoms with Gasteiger partial charge in [-0.15, -0.1) is 0 Å². The molecule has 7 nitrogen and oxygen atoms in total. The van der Waals surface area contributed by atoms with Crippen LogP contribution in [0.25, 0.3) is 0 Å². The van der Waals surface area contributed by atoms with Gasteiger partial charge in [0.25, 0.3) is 0 Å². The van der Waals surface area contributed by atoms with Crippen molar-refractivity contribution in [2.24, 2.45) is 0 Å². The first kappa shape index (κ1) is 17.6. The fourth-order valence-corrected chi connectivity index (χ4v) is 3.66. The quantitative estimate of drug-likeness (QED) is 0.850. The van der Waals surface area contributed by atoms with Crippen LogP contribution < -0.4 is 10.6 Å². The number of halogens is 3. The summed E-state index contributed by atoms with van der Waals surface area (Å²) in [6, 6.07) is -0.541. The highest BCUT2D eigenvalue weighted by atomic mass is 19.4. The molecule has 2 saturated carbocycles. The van der Waals surface area contributed by atoms with E-state index in [0.29, 0.717) is 31.0 Å². The maximum atomic E-state index is 12.6. The standard InChI is InChI=1S/C16H21F3N4O3/c17-16(18,19)9-23-8-12(13(22-23)10-1-2-10)21-14(24)20-11-3-4-15(7-11)25-5-6-26-15/h8,10-11H,1-7,9H2,(H2,20,21,24). The van der Waals surface area contributed by atoms with Crippen molar-refractivity contribution in [1.29, 1.82) is 0 Å². The van der Waals surface area contributed by atoms with Crippen molar-refractivity contribution < 1.29 is 27.4 Å². The number of amides is 2. The number of alkyl halides is 3. The van der Waals surface area contributed by atoms with Crippen LogP contribution in [0.2, 0.25) is 0 Å². The van der Waals surface area contributed by atoms with E-state index in [-0.39, 0.29) is 12.0 Å². The Kier molecular flexibility index (Phi) is 4.34. The van der Waals surface area contributed by atoms with Gasteiger partial charge in [0, 0.05) is 31.0 Å². The number of anilines is 1. The summed E-state index contributed by atoms with van der Waals surface area (Å²) in [7, 11) is 0. The Morgan fingerprint density at radius 1 is 1.31 bits per heavy atom. The van der Waals surface area contributed by atoms with E-state index >= 15 is 0 Å². The fourth-order valence-electron chi connectivity index (χ4n) is 3.66. The van der Waals surface area contributed by atoms with Crippen molar-refractivity contribution in [3.8, 4) is 0 Å². The van der Waals surface area contributed by atoms with Crippen molar-refractivity contribution in [1.82, 2.24) is 15.1 Å². The molecular formula is C16H21F3N4O3. The molecule has 3 aliphatic rings. The summed E-state index contributed by atoms with van der Waals surface area (Å²) >= 11 is 0. The Hall–Kier alpha value is -1.81. The smallest absolute Gasteiger partial charge is 0.347 e. The van der Waals surface area contributed by atoms with Gasteiger partial charge in [-0.25, -0.2) is 4.79 Å². The number of urea groups is 1. The predicted octanol–water partition coefficient (Wildman–Crippen LogP) is 2.74. The van der Waals surface area contributed by atoms with E-state index in [0.717, 1.165) is 30.4 Å². The van der Waals surface area contributed by atoms with E-state index < -0.39 is 24.5 Å². The number of aromatic nitrogens is 2. The minimum atomic E-state index is -4.36. The van der Waals surface area contributed by atoms with Crippen LogP contribution in [-0.4, -0.2) is 47.0 Å². The summed E-state index contributed by atoms with van der Waals surface area (Å²) in [5.41, 5.74) is 0.866. The number of rotatable bonds is 4. The van der Waals surface area contributed by atoms with Gasteiger partial charge in [-0.1, -0.05) is 0 Å². The van der Waals surface area contributed by atoms with Crippen LogP contribution in [0.1, 0.15) is 43.7 Å². The molecule has 1 aromatic heterocycles. The molecule has 1 spiro atoms. The first-order chi connectivity index (χ1) is 12.3. The van der Waals surface area contributed by atoms with E-state index in [2.05, 4.69) is 15.7 Å². The Bertz CT molecular complexity index is 681. The lowest BCUT2D eigenvalue weighted by atomic mass is 10.2. The van der Waals surface area contributed by atoms with Crippen LogP contribution >= 0.6 is 0 Å². The average Bonchev–Trinajstić information content (AvgIpc) is 2.97. The number of hydrogen-bond acceptors (Lipinski definition) is 4. The van der Waals surface area contributed by atoms with Gasteiger partial charge in [0.15, 0.2) is 5.79 Å². The number of nitrogens with zero attached hydrogens (tertiary/aromatic N) is 2. The van der Waals surface area contributed by atoms with Crippen LogP contribution in [0.3, 0.4) is 0 Å². The van der Waals surface area contributed by atoms with E-state index in [9.17, 15) is 18.0 Å². The van der Waals surface area contributed by atoms with Crippen LogP contribution in [0.5, 0.6) is 0 Å². The van der Waals surface area contributed by atoms with Gasteiger partial charge in [-0.05, 0) is 19.3 Å². The lowest BCUT2D eigenvalue weighted by Crippen LogP contribution is -2.38. The van der Waals surface area contributed by atoms with Gasteiger partial charge >= 0.3 is 12.2 Å². The predicted molar refractivity (Wildman–Crippen MR) is 84.7 cm³/mol. The first-order valence-electron chi connectivity index (χ1n) is 8.81. The Balaban J connectivity index is 1.38. The number of ether oxygens (including phenoxy) is 2. The largest absolute Gasteiger partial charge is 0.408 e. The zero-order chi connectivity index (χ0) is 18.4. The van der Waals surface area contributed by atoms with E-state index in [1.165, 1.54) is 6.20 Å². The monoisotopic (exact) mass is 374 g/mol. The molecule has 0 radical (unpaired) electrons. The van der Waals surface area contributed by atoms with Gasteiger partial charge in [-0.3, -0.25) is 4.68 Å². The topological polar surface area (TPSA) is 77.4 Å². The third-order valence-corrected chi connectivity index (χ3v) is 4.92. The van der Waals surface area contributed by atoms with Crippen LogP contribution in [-0.2, 0) is 16.0 Å². The summed E-state index contributed by atoms with van der Waals surface area (Å²) in [6.07, 6.45) is 0.665. The zero-order valence-electron chi connectivity index (χ0n) is 14.1. The minimum Gasteiger partial charge on any atom is -0.347 e. The number of nitrogens with one attached hydrogen (secondary N) is 2. The third-order valence-electron chi connectivity index (χ3n) is 4.92. The second kappa shape index (κ2) is 6.41. The Morgan fingerprint density at radius 3 is 2.69 bits per heavy atom. The molecule has 2 aliphatic carbocycles. The summed E-state index contributed by atoms with van der Waals surface area (Å²) in [5.74, 6) is -0.468. The molecule has 2 N–H and O–H groups in total. The van der Waals surface area contributed by atoms with Gasteiger partial charge in [0.05, 0.1) is 24.6 Å². The minimum absolute atomic E-state index is 0.0947. The third kappa shape index (κ3) is 3.96. The molecular weight excluding hydrogens is 353 g/mol. The van der Waals surface area contributed by atoms with Gasteiger partial charge < -0.3 is 20.1 Å². The molecule has 0 aromatic carbocycles. The van der Waals surface area contributed by atoms with Gasteiger partial charge in [-0.2, -0.15) is 18.3 Å². The van der Waals surface area contributed by atoms with Crippen molar-refractivity contribution in [2.75, 3.05) is 18.5 Å². The van der Waals surface area contributed by atoms with Gasteiger partial charge in [0.2, 0.25) is 0 Å². The molecule has 1 aliphatic heterocycles. The van der Waals surface area contributed by atoms with Crippen molar-refractivity contribution >= 4 is 11.7 Å². The molecule has 0 bridgehead atoms. The van der Waals surface area contributed by atoms with E-state index in [1.807, 2.05) is 0 Å². The Morgan fingerprint density at radius 2 is 2.04 bits per heavy atom. The van der Waals surface area contributed by atoms with Crippen LogP contribution in [0, 0.1) is 0 Å². The maximum absolute atomic E-state index is 12.6. The number of carbonyl (C=O) groups excluding carboxylic acids is 1. The van der Waals surface area contributed by atoms with Crippen molar-refractivity contribution in [3.63, 3.8) is 0 Å². The van der Waals surface area contributed by atoms with Crippen molar-refractivity contribution in [2.45, 2.75) is 62.6 Å². The molecule has 4 rings (SSSR count). The highest BCUT2D eigenvalue weighted by molar-refractivity contribution is 5.90. The summed E-state index contributed by atoms with van der Waals surface area (Å²) in [4.78, 5) is 12.3. The second-order valence-electron chi connectivity index (χ2n) is 7.16. The zero-order valence-corrected chi connectivity index (χ0v) is 14.1. The maximum Gasteiger partial charge on any atom is 0.408 e. The molecule has 3 fully saturated rings. The molecule has 10 heteroatoms. The lowest BCUT2D eigenvalue weighted by molar-refractivity contribution is -0.151. The van der Waals surface area contributed by atoms with Gasteiger partial charge in [0.1, 0.15) is 6.54 Å². The second-order valence-corrected chi connectivity index (χ2v) is 7.16. The lowest BCUT2D eigenvalue weighted by Gasteiger charge is -2.21. The highest BCUT2D eigenvalue weighted by Crippen LogP contribution is 2.43. The molecule has 2 heterocycles. The Labute approximate surface area is 148 Å². The van der Waals surface area contributed by atoms with Crippen molar-refractivity contribution in [3.05, 3.63) is 11.9 Å². The summed E-state index contributed by atoms with van der Waals surface area (Å²) < 4.78 is 49.9. The normalized spacial score (nSPS) is 25.0. The highest BCUT2D eigenvalue weighted by Gasteiger charge is 2.44. The number of carbonyl (C=O) groups is 1.